The number of benzene rings is 1. The van der Waals surface area contributed by atoms with E-state index in [0.29, 0.717) is 0 Å². The molecule has 0 aromatic heterocycles. The maximum atomic E-state index is 12.5. The summed E-state index contributed by atoms with van der Waals surface area (Å²) < 4.78 is 37.4. The van der Waals surface area contributed by atoms with Gasteiger partial charge in [0.1, 0.15) is 0 Å². The Labute approximate surface area is 86.4 Å². The Morgan fingerprint density at radius 2 is 1.87 bits per heavy atom. The Kier molecular flexibility index (Phi) is 2.14. The molecule has 0 saturated carbocycles. The van der Waals surface area contributed by atoms with Gasteiger partial charge in [0.25, 0.3) is 0 Å². The van der Waals surface area contributed by atoms with Crippen LogP contribution in [0.1, 0.15) is 36.5 Å². The molecular weight excluding hydrogens is 201 g/mol. The second-order valence-electron chi connectivity index (χ2n) is 3.95. The predicted molar refractivity (Wildman–Crippen MR) is 53.5 cm³/mol. The number of rotatable bonds is 0. The van der Waals surface area contributed by atoms with Crippen molar-refractivity contribution in [2.24, 2.45) is 0 Å². The van der Waals surface area contributed by atoms with Crippen LogP contribution in [0.15, 0.2) is 23.8 Å². The van der Waals surface area contributed by atoms with Gasteiger partial charge in [0.15, 0.2) is 0 Å². The molecule has 0 aliphatic heterocycles. The fourth-order valence-electron chi connectivity index (χ4n) is 1.87. The summed E-state index contributed by atoms with van der Waals surface area (Å²) in [5.74, 6) is 0.0994. The number of halogens is 3. The third-order valence-corrected chi connectivity index (χ3v) is 2.95. The van der Waals surface area contributed by atoms with Gasteiger partial charge in [0.2, 0.25) is 0 Å². The third kappa shape index (κ3) is 1.66. The molecule has 1 unspecified atom stereocenters. The van der Waals surface area contributed by atoms with Gasteiger partial charge in [0.05, 0.1) is 5.56 Å². The highest BCUT2D eigenvalue weighted by atomic mass is 19.4. The molecule has 15 heavy (non-hydrogen) atoms. The monoisotopic (exact) mass is 212 g/mol. The molecule has 0 bridgehead atoms. The van der Waals surface area contributed by atoms with Crippen molar-refractivity contribution < 1.29 is 13.2 Å². The molecule has 1 aliphatic carbocycles. The van der Waals surface area contributed by atoms with Crippen molar-refractivity contribution in [3.63, 3.8) is 0 Å². The van der Waals surface area contributed by atoms with E-state index in [1.165, 1.54) is 6.07 Å². The normalized spacial score (nSPS) is 20.1. The Morgan fingerprint density at radius 3 is 2.47 bits per heavy atom. The van der Waals surface area contributed by atoms with E-state index in [9.17, 15) is 13.2 Å². The van der Waals surface area contributed by atoms with Crippen LogP contribution < -0.4 is 0 Å². The van der Waals surface area contributed by atoms with Gasteiger partial charge in [0, 0.05) is 5.92 Å². The maximum Gasteiger partial charge on any atom is 0.416 e. The van der Waals surface area contributed by atoms with Crippen LogP contribution in [-0.2, 0) is 6.18 Å². The van der Waals surface area contributed by atoms with Crippen molar-refractivity contribution >= 4 is 6.08 Å². The molecule has 0 saturated heterocycles. The van der Waals surface area contributed by atoms with E-state index in [4.69, 9.17) is 0 Å². The van der Waals surface area contributed by atoms with Crippen molar-refractivity contribution in [2.75, 3.05) is 0 Å². The van der Waals surface area contributed by atoms with E-state index in [1.54, 1.807) is 6.07 Å². The highest BCUT2D eigenvalue weighted by Crippen LogP contribution is 2.39. The molecule has 1 aromatic rings. The van der Waals surface area contributed by atoms with Gasteiger partial charge >= 0.3 is 6.18 Å². The molecule has 0 spiro atoms. The number of fused-ring (bicyclic) bond motifs is 1. The fraction of sp³-hybridized carbons (Fsp3) is 0.333. The minimum Gasteiger partial charge on any atom is -0.166 e. The molecule has 0 radical (unpaired) electrons. The van der Waals surface area contributed by atoms with Crippen molar-refractivity contribution in [3.05, 3.63) is 40.5 Å². The molecule has 0 N–H and O–H groups in total. The highest BCUT2D eigenvalue weighted by molar-refractivity contribution is 5.66. The van der Waals surface area contributed by atoms with E-state index in [1.807, 2.05) is 19.9 Å². The summed E-state index contributed by atoms with van der Waals surface area (Å²) in [5, 5.41) is 0. The van der Waals surface area contributed by atoms with Crippen LogP contribution >= 0.6 is 0 Å². The van der Waals surface area contributed by atoms with Crippen LogP contribution in [-0.4, -0.2) is 0 Å². The number of allylic oxidation sites excluding steroid dienone is 1. The first kappa shape index (κ1) is 10.3. The first-order valence-electron chi connectivity index (χ1n) is 4.79. The van der Waals surface area contributed by atoms with Crippen LogP contribution in [0.25, 0.3) is 6.08 Å². The predicted octanol–water partition coefficient (Wildman–Crippen LogP) is 4.23. The minimum absolute atomic E-state index is 0.0994. The van der Waals surface area contributed by atoms with Gasteiger partial charge in [-0.25, -0.2) is 0 Å². The fourth-order valence-corrected chi connectivity index (χ4v) is 1.87. The molecular formula is C12H11F3. The third-order valence-electron chi connectivity index (χ3n) is 2.95. The number of hydrogen-bond acceptors (Lipinski definition) is 0. The van der Waals surface area contributed by atoms with Crippen LogP contribution in [0.3, 0.4) is 0 Å². The average molecular weight is 212 g/mol. The number of hydrogen-bond donors (Lipinski definition) is 0. The first-order valence-corrected chi connectivity index (χ1v) is 4.79. The van der Waals surface area contributed by atoms with Gasteiger partial charge in [-0.2, -0.15) is 13.2 Å². The number of alkyl halides is 3. The smallest absolute Gasteiger partial charge is 0.166 e. The van der Waals surface area contributed by atoms with Crippen LogP contribution in [0.2, 0.25) is 0 Å². The van der Waals surface area contributed by atoms with Crippen molar-refractivity contribution in [1.82, 2.24) is 0 Å². The summed E-state index contributed by atoms with van der Waals surface area (Å²) in [6.07, 6.45) is -2.30. The second-order valence-corrected chi connectivity index (χ2v) is 3.95. The van der Waals surface area contributed by atoms with Gasteiger partial charge in [-0.1, -0.05) is 24.6 Å². The summed E-state index contributed by atoms with van der Waals surface area (Å²) in [5.41, 5.74) is 2.25. The lowest BCUT2D eigenvalue weighted by molar-refractivity contribution is -0.137. The van der Waals surface area contributed by atoms with E-state index in [-0.39, 0.29) is 5.92 Å². The Bertz CT molecular complexity index is 427. The van der Waals surface area contributed by atoms with E-state index in [0.717, 1.165) is 22.8 Å². The van der Waals surface area contributed by atoms with Crippen LogP contribution in [0.5, 0.6) is 0 Å². The topological polar surface area (TPSA) is 0 Å². The van der Waals surface area contributed by atoms with Gasteiger partial charge in [-0.3, -0.25) is 0 Å². The largest absolute Gasteiger partial charge is 0.416 e. The second kappa shape index (κ2) is 3.12. The zero-order chi connectivity index (χ0) is 11.2. The molecule has 0 fully saturated rings. The molecule has 3 heteroatoms. The minimum atomic E-state index is -4.24. The lowest BCUT2D eigenvalue weighted by Gasteiger charge is -2.11. The van der Waals surface area contributed by atoms with Crippen molar-refractivity contribution in [1.29, 1.82) is 0 Å². The van der Waals surface area contributed by atoms with Crippen LogP contribution in [0, 0.1) is 0 Å². The zero-order valence-electron chi connectivity index (χ0n) is 8.52. The van der Waals surface area contributed by atoms with Crippen LogP contribution in [0.4, 0.5) is 13.2 Å². The Hall–Kier alpha value is -1.25. The van der Waals surface area contributed by atoms with Gasteiger partial charge in [-0.15, -0.1) is 0 Å². The Balaban J connectivity index is 2.49. The first-order chi connectivity index (χ1) is 6.89. The Morgan fingerprint density at radius 1 is 1.20 bits per heavy atom. The molecule has 0 amide bonds. The lowest BCUT2D eigenvalue weighted by atomic mass is 9.97. The summed E-state index contributed by atoms with van der Waals surface area (Å²) in [6, 6.07) is 3.94. The molecule has 0 heterocycles. The van der Waals surface area contributed by atoms with Gasteiger partial charge < -0.3 is 0 Å². The molecule has 2 rings (SSSR count). The standard InChI is InChI=1S/C12H11F3/c1-7-5-9-3-4-10(12(13,14)15)6-11(9)8(7)2/h3-6,8H,1-2H3. The van der Waals surface area contributed by atoms with E-state index >= 15 is 0 Å². The zero-order valence-corrected chi connectivity index (χ0v) is 8.52. The van der Waals surface area contributed by atoms with Crippen molar-refractivity contribution in [2.45, 2.75) is 25.9 Å². The quantitative estimate of drug-likeness (QED) is 0.603. The molecule has 0 nitrogen and oxygen atoms in total. The molecule has 1 atom stereocenters. The SMILES string of the molecule is CC1=Cc2ccc(C(F)(F)F)cc2C1C. The lowest BCUT2D eigenvalue weighted by Crippen LogP contribution is -2.06. The maximum absolute atomic E-state index is 12.5. The van der Waals surface area contributed by atoms with Crippen molar-refractivity contribution in [3.8, 4) is 0 Å². The summed E-state index contributed by atoms with van der Waals surface area (Å²) in [7, 11) is 0. The summed E-state index contributed by atoms with van der Waals surface area (Å²) >= 11 is 0. The van der Waals surface area contributed by atoms with Gasteiger partial charge in [-0.05, 0) is 30.2 Å². The van der Waals surface area contributed by atoms with E-state index < -0.39 is 11.7 Å². The van der Waals surface area contributed by atoms with E-state index in [2.05, 4.69) is 0 Å². The summed E-state index contributed by atoms with van der Waals surface area (Å²) in [4.78, 5) is 0. The molecule has 1 aromatic carbocycles. The highest BCUT2D eigenvalue weighted by Gasteiger charge is 2.32. The molecule has 1 aliphatic rings. The molecule has 80 valence electrons. The summed E-state index contributed by atoms with van der Waals surface area (Å²) in [6.45, 7) is 3.87. The average Bonchev–Trinajstić information content (AvgIpc) is 2.41.